The average molecular weight is 345 g/mol. The quantitative estimate of drug-likeness (QED) is 0.765. The molecule has 4 rings (SSSR count). The van der Waals surface area contributed by atoms with Crippen LogP contribution in [-0.2, 0) is 16.0 Å². The number of nitrogens with zero attached hydrogens (tertiary/aromatic N) is 2. The van der Waals surface area contributed by atoms with Crippen LogP contribution in [0.3, 0.4) is 0 Å². The second-order valence-electron chi connectivity index (χ2n) is 6.68. The molecule has 2 saturated heterocycles. The molecule has 1 aromatic heterocycles. The van der Waals surface area contributed by atoms with Crippen molar-refractivity contribution < 1.29 is 23.6 Å². The molecule has 1 atom stereocenters. The molecule has 2 aliphatic heterocycles. The number of piperazine rings is 2. The van der Waals surface area contributed by atoms with Gasteiger partial charge >= 0.3 is 0 Å². The summed E-state index contributed by atoms with van der Waals surface area (Å²) in [5, 5.41) is 2.55. The number of hydrogen-bond donors (Lipinski definition) is 1. The normalized spacial score (nSPS) is 23.2. The third-order valence-electron chi connectivity index (χ3n) is 5.16. The van der Waals surface area contributed by atoms with E-state index in [1.165, 1.54) is 4.90 Å². The van der Waals surface area contributed by atoms with Crippen LogP contribution >= 0.6 is 0 Å². The number of amides is 3. The Kier molecular flexibility index (Phi) is 3.63. The Morgan fingerprint density at radius 3 is 2.80 bits per heavy atom. The highest BCUT2D eigenvalue weighted by Crippen LogP contribution is 2.31. The molecule has 8 heteroatoms. The largest absolute Gasteiger partial charge is 0.465 e. The summed E-state index contributed by atoms with van der Waals surface area (Å²) in [7, 11) is 0. The summed E-state index contributed by atoms with van der Waals surface area (Å²) in [5.41, 5.74) is 0.719. The highest BCUT2D eigenvalue weighted by atomic mass is 16.3. The van der Waals surface area contributed by atoms with Gasteiger partial charge < -0.3 is 19.5 Å². The van der Waals surface area contributed by atoms with E-state index in [1.807, 2.05) is 0 Å². The molecular formula is C17H19N3O5. The van der Waals surface area contributed by atoms with Crippen molar-refractivity contribution in [2.75, 3.05) is 26.2 Å². The Hall–Kier alpha value is -2.64. The molecule has 8 nitrogen and oxygen atoms in total. The van der Waals surface area contributed by atoms with Crippen molar-refractivity contribution in [3.8, 4) is 0 Å². The van der Waals surface area contributed by atoms with Crippen LogP contribution in [0.15, 0.2) is 4.42 Å². The van der Waals surface area contributed by atoms with Gasteiger partial charge in [0.15, 0.2) is 5.78 Å². The lowest BCUT2D eigenvalue weighted by atomic mass is 9.92. The molecule has 3 amide bonds. The standard InChI is InChI=1S/C17H19N3O5/c1-9-14(15-11(21)3-2-4-12(15)25-9)17(24)19-5-6-20-10(8-19)16(23)18-7-13(20)22/h10H,2-8H2,1H3,(H,18,23)/t10-/m1/s1. The number of fused-ring (bicyclic) bond motifs is 2. The van der Waals surface area contributed by atoms with Gasteiger partial charge in [-0.3, -0.25) is 19.2 Å². The Morgan fingerprint density at radius 2 is 2.00 bits per heavy atom. The molecule has 0 radical (unpaired) electrons. The molecule has 0 saturated carbocycles. The lowest BCUT2D eigenvalue weighted by Gasteiger charge is -2.42. The Morgan fingerprint density at radius 1 is 1.20 bits per heavy atom. The molecule has 0 bridgehead atoms. The molecule has 25 heavy (non-hydrogen) atoms. The van der Waals surface area contributed by atoms with E-state index < -0.39 is 6.04 Å². The predicted molar refractivity (Wildman–Crippen MR) is 85.1 cm³/mol. The van der Waals surface area contributed by atoms with Gasteiger partial charge in [0.05, 0.1) is 24.2 Å². The molecule has 0 aromatic carbocycles. The van der Waals surface area contributed by atoms with Gasteiger partial charge in [0.2, 0.25) is 11.8 Å². The fourth-order valence-electron chi connectivity index (χ4n) is 3.90. The maximum atomic E-state index is 13.0. The molecule has 132 valence electrons. The molecule has 1 N–H and O–H groups in total. The van der Waals surface area contributed by atoms with E-state index in [-0.39, 0.29) is 36.6 Å². The third-order valence-corrected chi connectivity index (χ3v) is 5.16. The van der Waals surface area contributed by atoms with Crippen LogP contribution in [0, 0.1) is 6.92 Å². The van der Waals surface area contributed by atoms with Crippen molar-refractivity contribution in [2.45, 2.75) is 32.2 Å². The minimum Gasteiger partial charge on any atom is -0.465 e. The summed E-state index contributed by atoms with van der Waals surface area (Å²) in [6.07, 6.45) is 1.80. The highest BCUT2D eigenvalue weighted by Gasteiger charge is 2.41. The molecule has 1 aromatic rings. The number of Topliss-reactive ketones (excluding diaryl/α,β-unsaturated/α-hetero) is 1. The SMILES string of the molecule is Cc1oc2c(c1C(=O)N1CCN3C(=O)CNC(=O)[C@H]3C1)C(=O)CCC2. The third kappa shape index (κ3) is 2.43. The summed E-state index contributed by atoms with van der Waals surface area (Å²) < 4.78 is 5.65. The van der Waals surface area contributed by atoms with Crippen LogP contribution in [0.25, 0.3) is 0 Å². The van der Waals surface area contributed by atoms with Gasteiger partial charge in [0.1, 0.15) is 17.6 Å². The topological polar surface area (TPSA) is 99.9 Å². The van der Waals surface area contributed by atoms with Gasteiger partial charge in [0, 0.05) is 25.9 Å². The fraction of sp³-hybridized carbons (Fsp3) is 0.529. The molecule has 3 heterocycles. The van der Waals surface area contributed by atoms with Crippen molar-refractivity contribution in [1.29, 1.82) is 0 Å². The molecule has 0 spiro atoms. The number of aryl methyl sites for hydroxylation is 2. The van der Waals surface area contributed by atoms with Gasteiger partial charge in [-0.1, -0.05) is 0 Å². The number of furan rings is 1. The van der Waals surface area contributed by atoms with Gasteiger partial charge in [-0.25, -0.2) is 0 Å². The number of rotatable bonds is 1. The average Bonchev–Trinajstić information content (AvgIpc) is 2.94. The van der Waals surface area contributed by atoms with Crippen LogP contribution < -0.4 is 5.32 Å². The van der Waals surface area contributed by atoms with E-state index in [4.69, 9.17) is 4.42 Å². The summed E-state index contributed by atoms with van der Waals surface area (Å²) in [4.78, 5) is 52.4. The monoisotopic (exact) mass is 345 g/mol. The molecule has 2 fully saturated rings. The molecule has 1 aliphatic carbocycles. The van der Waals surface area contributed by atoms with Crippen LogP contribution in [0.5, 0.6) is 0 Å². The van der Waals surface area contributed by atoms with Crippen molar-refractivity contribution in [2.24, 2.45) is 0 Å². The van der Waals surface area contributed by atoms with E-state index >= 15 is 0 Å². The van der Waals surface area contributed by atoms with Gasteiger partial charge in [0.25, 0.3) is 5.91 Å². The molecule has 3 aliphatic rings. The first-order valence-electron chi connectivity index (χ1n) is 8.49. The van der Waals surface area contributed by atoms with Gasteiger partial charge in [-0.15, -0.1) is 0 Å². The van der Waals surface area contributed by atoms with Crippen LogP contribution in [0.1, 0.15) is 45.1 Å². The number of carbonyl (C=O) groups is 4. The number of carbonyl (C=O) groups excluding carboxylic acids is 4. The van der Waals surface area contributed by atoms with Crippen LogP contribution in [0.2, 0.25) is 0 Å². The zero-order chi connectivity index (χ0) is 17.7. The van der Waals surface area contributed by atoms with Crippen molar-refractivity contribution in [3.05, 3.63) is 22.6 Å². The first-order chi connectivity index (χ1) is 12.0. The van der Waals surface area contributed by atoms with Crippen LogP contribution in [0.4, 0.5) is 0 Å². The second kappa shape index (κ2) is 5.72. The first-order valence-corrected chi connectivity index (χ1v) is 8.49. The fourth-order valence-corrected chi connectivity index (χ4v) is 3.90. The minimum atomic E-state index is -0.669. The summed E-state index contributed by atoms with van der Waals surface area (Å²) >= 11 is 0. The first kappa shape index (κ1) is 15.9. The number of nitrogens with one attached hydrogen (secondary N) is 1. The summed E-state index contributed by atoms with van der Waals surface area (Å²) in [6, 6.07) is -0.669. The number of hydrogen-bond acceptors (Lipinski definition) is 5. The van der Waals surface area contributed by atoms with E-state index in [0.717, 1.165) is 6.42 Å². The van der Waals surface area contributed by atoms with Crippen molar-refractivity contribution in [1.82, 2.24) is 15.1 Å². The maximum absolute atomic E-state index is 13.0. The summed E-state index contributed by atoms with van der Waals surface area (Å²) in [5.74, 6) is 0.273. The van der Waals surface area contributed by atoms with E-state index in [2.05, 4.69) is 5.32 Å². The van der Waals surface area contributed by atoms with E-state index in [0.29, 0.717) is 48.6 Å². The highest BCUT2D eigenvalue weighted by molar-refractivity contribution is 6.10. The lowest BCUT2D eigenvalue weighted by Crippen LogP contribution is -2.66. The molecular weight excluding hydrogens is 326 g/mol. The Balaban J connectivity index is 1.62. The predicted octanol–water partition coefficient (Wildman–Crippen LogP) is -0.110. The van der Waals surface area contributed by atoms with Crippen molar-refractivity contribution >= 4 is 23.5 Å². The van der Waals surface area contributed by atoms with Crippen molar-refractivity contribution in [3.63, 3.8) is 0 Å². The Labute approximate surface area is 144 Å². The zero-order valence-electron chi connectivity index (χ0n) is 14.0. The number of ketones is 1. The smallest absolute Gasteiger partial charge is 0.258 e. The van der Waals surface area contributed by atoms with Gasteiger partial charge in [-0.05, 0) is 13.3 Å². The van der Waals surface area contributed by atoms with E-state index in [9.17, 15) is 19.2 Å². The Bertz CT molecular complexity index is 796. The lowest BCUT2D eigenvalue weighted by molar-refractivity contribution is -0.148. The van der Waals surface area contributed by atoms with Crippen LogP contribution in [-0.4, -0.2) is 65.5 Å². The van der Waals surface area contributed by atoms with Gasteiger partial charge in [-0.2, -0.15) is 0 Å². The maximum Gasteiger partial charge on any atom is 0.258 e. The zero-order valence-corrected chi connectivity index (χ0v) is 14.0. The summed E-state index contributed by atoms with van der Waals surface area (Å²) in [6.45, 7) is 2.47. The minimum absolute atomic E-state index is 0.00608. The molecule has 0 unspecified atom stereocenters. The second-order valence-corrected chi connectivity index (χ2v) is 6.68. The van der Waals surface area contributed by atoms with E-state index in [1.54, 1.807) is 11.8 Å².